The molecule has 0 aliphatic rings. The van der Waals surface area contributed by atoms with Crippen molar-refractivity contribution < 1.29 is 23.0 Å². The Morgan fingerprint density at radius 2 is 2.15 bits per heavy atom. The number of aromatic nitrogens is 1. The van der Waals surface area contributed by atoms with Gasteiger partial charge in [-0.25, -0.2) is 9.78 Å². The maximum atomic E-state index is 12.3. The lowest BCUT2D eigenvalue weighted by atomic mass is 10.3. The highest BCUT2D eigenvalue weighted by atomic mass is 32.1. The zero-order valence-corrected chi connectivity index (χ0v) is 11.1. The van der Waals surface area contributed by atoms with E-state index in [2.05, 4.69) is 19.8 Å². The van der Waals surface area contributed by atoms with E-state index in [0.717, 1.165) is 11.3 Å². The molecular formula is C12H10F2N2O3S. The first-order valence-electron chi connectivity index (χ1n) is 5.45. The average molecular weight is 300 g/mol. The van der Waals surface area contributed by atoms with E-state index in [9.17, 15) is 13.6 Å². The number of anilines is 2. The van der Waals surface area contributed by atoms with E-state index >= 15 is 0 Å². The lowest BCUT2D eigenvalue weighted by molar-refractivity contribution is -0.0493. The van der Waals surface area contributed by atoms with Gasteiger partial charge >= 0.3 is 12.6 Å². The fourth-order valence-electron chi connectivity index (χ4n) is 1.41. The van der Waals surface area contributed by atoms with E-state index < -0.39 is 12.6 Å². The SMILES string of the molecule is COC(=O)c1cnc(Nc2ccccc2OC(F)F)s1. The van der Waals surface area contributed by atoms with Gasteiger partial charge in [-0.3, -0.25) is 0 Å². The largest absolute Gasteiger partial charge is 0.465 e. The van der Waals surface area contributed by atoms with Crippen molar-refractivity contribution in [1.82, 2.24) is 4.98 Å². The summed E-state index contributed by atoms with van der Waals surface area (Å²) in [4.78, 5) is 15.6. The van der Waals surface area contributed by atoms with Gasteiger partial charge in [-0.2, -0.15) is 8.78 Å². The molecule has 0 saturated heterocycles. The Bertz CT molecular complexity index is 604. The number of thiazole rings is 1. The van der Waals surface area contributed by atoms with Crippen molar-refractivity contribution in [1.29, 1.82) is 0 Å². The summed E-state index contributed by atoms with van der Waals surface area (Å²) in [7, 11) is 1.26. The molecule has 1 N–H and O–H groups in total. The third-order valence-electron chi connectivity index (χ3n) is 2.24. The van der Waals surface area contributed by atoms with Gasteiger partial charge in [0, 0.05) is 0 Å². The van der Waals surface area contributed by atoms with Crippen LogP contribution in [0.25, 0.3) is 0 Å². The van der Waals surface area contributed by atoms with Gasteiger partial charge < -0.3 is 14.8 Å². The monoisotopic (exact) mass is 300 g/mol. The number of carbonyl (C=O) groups excluding carboxylic acids is 1. The molecule has 2 aromatic rings. The van der Waals surface area contributed by atoms with Crippen molar-refractivity contribution >= 4 is 28.1 Å². The van der Waals surface area contributed by atoms with Crippen LogP contribution in [0.1, 0.15) is 9.67 Å². The van der Waals surface area contributed by atoms with Gasteiger partial charge in [0.2, 0.25) is 0 Å². The standard InChI is InChI=1S/C12H10F2N2O3S/c1-18-10(17)9-6-15-12(20-9)16-7-4-2-3-5-8(7)19-11(13)14/h2-6,11H,1H3,(H,15,16). The molecule has 1 heterocycles. The maximum absolute atomic E-state index is 12.3. The highest BCUT2D eigenvalue weighted by molar-refractivity contribution is 7.17. The number of halogens is 2. The summed E-state index contributed by atoms with van der Waals surface area (Å²) in [5, 5.41) is 3.19. The van der Waals surface area contributed by atoms with Crippen molar-refractivity contribution in [2.75, 3.05) is 12.4 Å². The van der Waals surface area contributed by atoms with E-state index in [1.807, 2.05) is 0 Å². The van der Waals surface area contributed by atoms with E-state index in [0.29, 0.717) is 15.7 Å². The Kier molecular flexibility index (Phi) is 4.46. The van der Waals surface area contributed by atoms with Gasteiger partial charge in [0.25, 0.3) is 0 Å². The number of carbonyl (C=O) groups is 1. The second-order valence-corrected chi connectivity index (χ2v) is 4.55. The molecule has 0 radical (unpaired) electrons. The molecule has 1 aromatic heterocycles. The minimum atomic E-state index is -2.92. The average Bonchev–Trinajstić information content (AvgIpc) is 2.88. The second kappa shape index (κ2) is 6.29. The van der Waals surface area contributed by atoms with Crippen molar-refractivity contribution in [3.63, 3.8) is 0 Å². The minimum absolute atomic E-state index is 0.00248. The molecule has 1 aromatic carbocycles. The zero-order chi connectivity index (χ0) is 14.5. The zero-order valence-electron chi connectivity index (χ0n) is 10.3. The Hall–Kier alpha value is -2.22. The number of rotatable bonds is 5. The number of benzene rings is 1. The second-order valence-electron chi connectivity index (χ2n) is 3.52. The summed E-state index contributed by atoms with van der Waals surface area (Å²) < 4.78 is 33.5. The highest BCUT2D eigenvalue weighted by Gasteiger charge is 2.13. The van der Waals surface area contributed by atoms with Crippen LogP contribution < -0.4 is 10.1 Å². The lowest BCUT2D eigenvalue weighted by Gasteiger charge is -2.10. The molecule has 0 aliphatic heterocycles. The predicted molar refractivity (Wildman–Crippen MR) is 69.8 cm³/mol. The van der Waals surface area contributed by atoms with Crippen LogP contribution in [0.5, 0.6) is 5.75 Å². The number of para-hydroxylation sites is 2. The molecule has 0 bridgehead atoms. The van der Waals surface area contributed by atoms with Crippen molar-refractivity contribution in [3.8, 4) is 5.75 Å². The Labute approximate surface area is 117 Å². The van der Waals surface area contributed by atoms with Gasteiger partial charge in [0.1, 0.15) is 10.6 Å². The fraction of sp³-hybridized carbons (Fsp3) is 0.167. The molecule has 20 heavy (non-hydrogen) atoms. The molecule has 0 spiro atoms. The Balaban J connectivity index is 2.17. The van der Waals surface area contributed by atoms with Crippen LogP contribution >= 0.6 is 11.3 Å². The molecule has 0 aliphatic carbocycles. The van der Waals surface area contributed by atoms with Crippen LogP contribution in [0.2, 0.25) is 0 Å². The number of nitrogens with one attached hydrogen (secondary N) is 1. The number of hydrogen-bond acceptors (Lipinski definition) is 6. The summed E-state index contributed by atoms with van der Waals surface area (Å²) >= 11 is 1.05. The number of ether oxygens (including phenoxy) is 2. The Morgan fingerprint density at radius 1 is 1.40 bits per heavy atom. The van der Waals surface area contributed by atoms with Crippen molar-refractivity contribution in [3.05, 3.63) is 35.3 Å². The molecule has 2 rings (SSSR count). The van der Waals surface area contributed by atoms with Crippen LogP contribution in [0.15, 0.2) is 30.5 Å². The fourth-order valence-corrected chi connectivity index (χ4v) is 2.16. The number of esters is 1. The first-order chi connectivity index (χ1) is 9.60. The predicted octanol–water partition coefficient (Wildman–Crippen LogP) is 3.27. The van der Waals surface area contributed by atoms with Crippen molar-refractivity contribution in [2.24, 2.45) is 0 Å². The summed E-state index contributed by atoms with van der Waals surface area (Å²) in [5.74, 6) is -0.509. The van der Waals surface area contributed by atoms with Crippen LogP contribution in [0, 0.1) is 0 Å². The molecule has 0 fully saturated rings. The molecule has 0 amide bonds. The first-order valence-corrected chi connectivity index (χ1v) is 6.27. The first kappa shape index (κ1) is 14.2. The summed E-state index contributed by atoms with van der Waals surface area (Å²) in [6.07, 6.45) is 1.34. The smallest absolute Gasteiger partial charge is 0.387 e. The van der Waals surface area contributed by atoms with Crippen molar-refractivity contribution in [2.45, 2.75) is 6.61 Å². The third-order valence-corrected chi connectivity index (χ3v) is 3.13. The third kappa shape index (κ3) is 3.41. The van der Waals surface area contributed by atoms with Gasteiger partial charge in [0.15, 0.2) is 5.13 Å². The van der Waals surface area contributed by atoms with E-state index in [1.165, 1.54) is 19.4 Å². The van der Waals surface area contributed by atoms with Crippen LogP contribution in [0.4, 0.5) is 19.6 Å². The van der Waals surface area contributed by atoms with Crippen LogP contribution in [-0.4, -0.2) is 24.7 Å². The minimum Gasteiger partial charge on any atom is -0.465 e. The molecule has 5 nitrogen and oxygen atoms in total. The van der Waals surface area contributed by atoms with E-state index in [1.54, 1.807) is 18.2 Å². The van der Waals surface area contributed by atoms with Gasteiger partial charge in [-0.05, 0) is 12.1 Å². The summed E-state index contributed by atoms with van der Waals surface area (Å²) in [6, 6.07) is 6.21. The number of alkyl halides is 2. The van der Waals surface area contributed by atoms with Gasteiger partial charge in [0.05, 0.1) is 19.0 Å². The number of nitrogens with zero attached hydrogens (tertiary/aromatic N) is 1. The van der Waals surface area contributed by atoms with Gasteiger partial charge in [-0.15, -0.1) is 0 Å². The molecule has 0 atom stereocenters. The Morgan fingerprint density at radius 3 is 2.85 bits per heavy atom. The van der Waals surface area contributed by atoms with Crippen LogP contribution in [-0.2, 0) is 4.74 Å². The molecule has 0 saturated carbocycles. The topological polar surface area (TPSA) is 60.5 Å². The quantitative estimate of drug-likeness (QED) is 0.859. The number of hydrogen-bond donors (Lipinski definition) is 1. The lowest BCUT2D eigenvalue weighted by Crippen LogP contribution is -2.04. The molecule has 8 heteroatoms. The highest BCUT2D eigenvalue weighted by Crippen LogP contribution is 2.30. The summed E-state index contributed by atoms with van der Waals surface area (Å²) in [6.45, 7) is -2.92. The van der Waals surface area contributed by atoms with E-state index in [4.69, 9.17) is 0 Å². The molecule has 106 valence electrons. The number of methoxy groups -OCH3 is 1. The normalized spacial score (nSPS) is 10.4. The maximum Gasteiger partial charge on any atom is 0.387 e. The molecular weight excluding hydrogens is 290 g/mol. The summed E-state index contributed by atoms with van der Waals surface area (Å²) in [5.41, 5.74) is 0.332. The van der Waals surface area contributed by atoms with Crippen LogP contribution in [0.3, 0.4) is 0 Å². The molecule has 0 unspecified atom stereocenters. The van der Waals surface area contributed by atoms with Gasteiger partial charge in [-0.1, -0.05) is 23.5 Å². The van der Waals surface area contributed by atoms with E-state index in [-0.39, 0.29) is 5.75 Å².